The molecule has 0 bridgehead atoms. The number of para-hydroxylation sites is 1. The van der Waals surface area contributed by atoms with Crippen molar-refractivity contribution in [2.75, 3.05) is 16.4 Å². The zero-order chi connectivity index (χ0) is 15.0. The first-order valence-corrected chi connectivity index (χ1v) is 7.60. The Morgan fingerprint density at radius 1 is 1.29 bits per heavy atom. The van der Waals surface area contributed by atoms with Gasteiger partial charge in [0.05, 0.1) is 17.0 Å². The Morgan fingerprint density at radius 3 is 2.76 bits per heavy atom. The van der Waals surface area contributed by atoms with Crippen LogP contribution in [0.1, 0.15) is 10.4 Å². The number of nitrogen functional groups attached to an aromatic ring is 1. The van der Waals surface area contributed by atoms with Gasteiger partial charge in [-0.05, 0) is 12.1 Å². The molecule has 0 radical (unpaired) electrons. The molecule has 7 nitrogen and oxygen atoms in total. The van der Waals surface area contributed by atoms with Crippen LogP contribution in [-0.4, -0.2) is 33.5 Å². The number of amides is 2. The highest BCUT2D eigenvalue weighted by atomic mass is 32.2. The highest BCUT2D eigenvalue weighted by Gasteiger charge is 2.39. The highest BCUT2D eigenvalue weighted by molar-refractivity contribution is 8.01. The number of rotatable bonds is 3. The SMILES string of the molecule is Nc1nnc(SCC(=O)N2C(=O)C(=O)c3ccccc32)s1. The van der Waals surface area contributed by atoms with Crippen molar-refractivity contribution in [1.82, 2.24) is 10.2 Å². The molecule has 0 aliphatic carbocycles. The van der Waals surface area contributed by atoms with Gasteiger partial charge in [-0.2, -0.15) is 0 Å². The molecular weight excluding hydrogens is 312 g/mol. The van der Waals surface area contributed by atoms with Gasteiger partial charge in [-0.15, -0.1) is 10.2 Å². The molecule has 0 unspecified atom stereocenters. The third-order valence-electron chi connectivity index (χ3n) is 2.78. The van der Waals surface area contributed by atoms with Crippen LogP contribution < -0.4 is 10.6 Å². The highest BCUT2D eigenvalue weighted by Crippen LogP contribution is 2.30. The van der Waals surface area contributed by atoms with Gasteiger partial charge in [0.15, 0.2) is 4.34 Å². The van der Waals surface area contributed by atoms with Crippen molar-refractivity contribution in [1.29, 1.82) is 0 Å². The molecule has 9 heteroatoms. The molecule has 0 fully saturated rings. The lowest BCUT2D eigenvalue weighted by Gasteiger charge is -2.13. The van der Waals surface area contributed by atoms with Crippen molar-refractivity contribution in [3.05, 3.63) is 29.8 Å². The van der Waals surface area contributed by atoms with Crippen LogP contribution in [0.5, 0.6) is 0 Å². The van der Waals surface area contributed by atoms with Gasteiger partial charge in [0.2, 0.25) is 11.0 Å². The molecule has 2 aromatic rings. The first kappa shape index (κ1) is 13.7. The third-order valence-corrected chi connectivity index (χ3v) is 4.65. The molecule has 1 aromatic heterocycles. The number of hydrogen-bond donors (Lipinski definition) is 1. The summed E-state index contributed by atoms with van der Waals surface area (Å²) in [5.41, 5.74) is 6.03. The van der Waals surface area contributed by atoms with E-state index in [-0.39, 0.29) is 11.3 Å². The van der Waals surface area contributed by atoms with Crippen molar-refractivity contribution in [3.63, 3.8) is 0 Å². The van der Waals surface area contributed by atoms with Crippen LogP contribution in [0.2, 0.25) is 0 Å². The first-order chi connectivity index (χ1) is 10.1. The number of aromatic nitrogens is 2. The summed E-state index contributed by atoms with van der Waals surface area (Å²) in [5.74, 6) is -1.98. The maximum absolute atomic E-state index is 12.2. The second kappa shape index (κ2) is 5.26. The first-order valence-electron chi connectivity index (χ1n) is 5.80. The molecule has 2 heterocycles. The van der Waals surface area contributed by atoms with E-state index >= 15 is 0 Å². The number of carbonyl (C=O) groups is 3. The average molecular weight is 320 g/mol. The zero-order valence-corrected chi connectivity index (χ0v) is 12.1. The monoisotopic (exact) mass is 320 g/mol. The Bertz CT molecular complexity index is 758. The van der Waals surface area contributed by atoms with E-state index in [2.05, 4.69) is 10.2 Å². The summed E-state index contributed by atoms with van der Waals surface area (Å²) >= 11 is 2.28. The van der Waals surface area contributed by atoms with Gasteiger partial charge in [0, 0.05) is 0 Å². The largest absolute Gasteiger partial charge is 0.374 e. The number of thioether (sulfide) groups is 1. The van der Waals surface area contributed by atoms with Crippen LogP contribution in [-0.2, 0) is 9.59 Å². The predicted octanol–water partition coefficient (Wildman–Crippen LogP) is 0.968. The Morgan fingerprint density at radius 2 is 2.05 bits per heavy atom. The van der Waals surface area contributed by atoms with Crippen LogP contribution in [0.15, 0.2) is 28.6 Å². The maximum Gasteiger partial charge on any atom is 0.306 e. The minimum Gasteiger partial charge on any atom is -0.374 e. The van der Waals surface area contributed by atoms with Gasteiger partial charge in [0.25, 0.3) is 5.78 Å². The standard InChI is InChI=1S/C12H8N4O3S2/c13-11-14-15-12(21-11)20-5-8(17)16-7-4-2-1-3-6(7)9(18)10(16)19/h1-4H,5H2,(H2,13,14). The molecule has 21 heavy (non-hydrogen) atoms. The zero-order valence-electron chi connectivity index (χ0n) is 10.5. The third kappa shape index (κ3) is 2.41. The van der Waals surface area contributed by atoms with Gasteiger partial charge >= 0.3 is 5.91 Å². The lowest BCUT2D eigenvalue weighted by atomic mass is 10.1. The molecule has 2 amide bonds. The summed E-state index contributed by atoms with van der Waals surface area (Å²) in [6.45, 7) is 0. The molecule has 0 spiro atoms. The van der Waals surface area contributed by atoms with Crippen LogP contribution >= 0.6 is 23.1 Å². The van der Waals surface area contributed by atoms with E-state index in [0.717, 1.165) is 28.0 Å². The van der Waals surface area contributed by atoms with E-state index in [9.17, 15) is 14.4 Å². The topological polar surface area (TPSA) is 106 Å². The number of Topliss-reactive ketones (excluding diaryl/α,β-unsaturated/α-hetero) is 1. The average Bonchev–Trinajstić information content (AvgIpc) is 3.00. The normalized spacial score (nSPS) is 13.6. The molecule has 0 saturated heterocycles. The second-order valence-corrected chi connectivity index (χ2v) is 6.31. The number of anilines is 2. The van der Waals surface area contributed by atoms with Crippen LogP contribution in [0.25, 0.3) is 0 Å². The summed E-state index contributed by atoms with van der Waals surface area (Å²) in [6.07, 6.45) is 0. The van der Waals surface area contributed by atoms with Gasteiger partial charge in [0.1, 0.15) is 0 Å². The Balaban J connectivity index is 1.79. The molecule has 3 rings (SSSR count). The quantitative estimate of drug-likeness (QED) is 0.663. The molecule has 1 aliphatic heterocycles. The van der Waals surface area contributed by atoms with E-state index in [1.54, 1.807) is 18.2 Å². The molecule has 1 aliphatic rings. The predicted molar refractivity (Wildman–Crippen MR) is 78.3 cm³/mol. The van der Waals surface area contributed by atoms with Crippen LogP contribution in [0, 0.1) is 0 Å². The summed E-state index contributed by atoms with van der Waals surface area (Å²) < 4.78 is 0.534. The smallest absolute Gasteiger partial charge is 0.306 e. The molecule has 106 valence electrons. The number of imide groups is 1. The molecule has 0 atom stereocenters. The fourth-order valence-corrected chi connectivity index (χ4v) is 3.39. The number of benzene rings is 1. The number of nitrogens with two attached hydrogens (primary N) is 1. The summed E-state index contributed by atoms with van der Waals surface area (Å²) in [6, 6.07) is 6.42. The van der Waals surface area contributed by atoms with E-state index in [0.29, 0.717) is 15.2 Å². The lowest BCUT2D eigenvalue weighted by molar-refractivity contribution is -0.122. The van der Waals surface area contributed by atoms with Crippen LogP contribution in [0.4, 0.5) is 10.8 Å². The summed E-state index contributed by atoms with van der Waals surface area (Å²) in [5, 5.41) is 7.72. The van der Waals surface area contributed by atoms with Gasteiger partial charge < -0.3 is 5.73 Å². The summed E-state index contributed by atoms with van der Waals surface area (Å²) in [4.78, 5) is 36.8. The Labute approximate surface area is 127 Å². The Kier molecular flexibility index (Phi) is 3.43. The number of fused-ring (bicyclic) bond motifs is 1. The maximum atomic E-state index is 12.2. The molecular formula is C12H8N4O3S2. The lowest BCUT2D eigenvalue weighted by Crippen LogP contribution is -2.37. The summed E-state index contributed by atoms with van der Waals surface area (Å²) in [7, 11) is 0. The van der Waals surface area contributed by atoms with E-state index in [1.807, 2.05) is 0 Å². The molecule has 2 N–H and O–H groups in total. The van der Waals surface area contributed by atoms with Gasteiger partial charge in [-0.3, -0.25) is 14.4 Å². The van der Waals surface area contributed by atoms with Crippen molar-refractivity contribution >= 4 is 51.5 Å². The van der Waals surface area contributed by atoms with Crippen molar-refractivity contribution in [2.24, 2.45) is 0 Å². The number of carbonyl (C=O) groups excluding carboxylic acids is 3. The minimum atomic E-state index is -0.821. The number of nitrogens with zero attached hydrogens (tertiary/aromatic N) is 3. The van der Waals surface area contributed by atoms with E-state index < -0.39 is 17.6 Å². The van der Waals surface area contributed by atoms with Crippen molar-refractivity contribution < 1.29 is 14.4 Å². The minimum absolute atomic E-state index is 0.0258. The van der Waals surface area contributed by atoms with Crippen molar-refractivity contribution in [2.45, 2.75) is 4.34 Å². The van der Waals surface area contributed by atoms with Crippen molar-refractivity contribution in [3.8, 4) is 0 Å². The molecule has 1 aromatic carbocycles. The van der Waals surface area contributed by atoms with Gasteiger partial charge in [-0.25, -0.2) is 4.90 Å². The second-order valence-electron chi connectivity index (χ2n) is 4.08. The fraction of sp³-hybridized carbons (Fsp3) is 0.0833. The Hall–Kier alpha value is -2.26. The molecule has 0 saturated carbocycles. The van der Waals surface area contributed by atoms with E-state index in [4.69, 9.17) is 5.73 Å². The number of hydrogen-bond acceptors (Lipinski definition) is 8. The van der Waals surface area contributed by atoms with E-state index in [1.165, 1.54) is 6.07 Å². The fourth-order valence-electron chi connectivity index (χ4n) is 1.90. The number of ketones is 1. The van der Waals surface area contributed by atoms with Crippen LogP contribution in [0.3, 0.4) is 0 Å². The van der Waals surface area contributed by atoms with Gasteiger partial charge in [-0.1, -0.05) is 35.2 Å².